The van der Waals surface area contributed by atoms with E-state index < -0.39 is 0 Å². The van der Waals surface area contributed by atoms with E-state index in [-0.39, 0.29) is 16.5 Å². The van der Waals surface area contributed by atoms with Gasteiger partial charge in [0.05, 0.1) is 4.92 Å². The minimum atomic E-state index is -0.320. The fourth-order valence-corrected chi connectivity index (χ4v) is 4.31. The summed E-state index contributed by atoms with van der Waals surface area (Å²) in [6.07, 6.45) is 5.85. The molecule has 2 aromatic rings. The molecule has 2 aromatic carbocycles. The molecular weight excluding hydrogens is 390 g/mol. The average Bonchev–Trinajstić information content (AvgIpc) is 2.81. The fraction of sp³-hybridized carbons (Fsp3) is 0.400. The Kier molecular flexibility index (Phi) is 7.45. The number of rotatable bonds is 8. The van der Waals surface area contributed by atoms with E-state index in [0.29, 0.717) is 28.0 Å². The van der Waals surface area contributed by atoms with Crippen molar-refractivity contribution in [3.63, 3.8) is 0 Å². The molecule has 0 radical (unpaired) electrons. The quantitative estimate of drug-likeness (QED) is 0.456. The monoisotopic (exact) mass is 421 g/mol. The van der Waals surface area contributed by atoms with Gasteiger partial charge in [-0.3, -0.25) is 14.9 Å². The first-order chi connectivity index (χ1) is 15.0. The Morgan fingerprint density at radius 2 is 1.87 bits per heavy atom. The maximum absolute atomic E-state index is 12.2. The SMILES string of the molecule is C=C(c1ccc(N2CCC(CCCC)CC2)c([N+](=O)[O-])c1)c1ccccc1C(=O)NC. The number of nitro groups is 1. The minimum absolute atomic E-state index is 0.0862. The Morgan fingerprint density at radius 3 is 2.48 bits per heavy atom. The predicted molar refractivity (Wildman–Crippen MR) is 126 cm³/mol. The maximum atomic E-state index is 12.2. The molecule has 0 aromatic heterocycles. The lowest BCUT2D eigenvalue weighted by Gasteiger charge is -2.33. The third-order valence-electron chi connectivity index (χ3n) is 6.17. The number of benzene rings is 2. The van der Waals surface area contributed by atoms with Crippen molar-refractivity contribution in [3.05, 3.63) is 75.8 Å². The molecule has 1 amide bonds. The molecule has 1 saturated heterocycles. The van der Waals surface area contributed by atoms with Gasteiger partial charge in [0.1, 0.15) is 5.69 Å². The first-order valence-electron chi connectivity index (χ1n) is 11.0. The molecule has 1 heterocycles. The van der Waals surface area contributed by atoms with Crippen LogP contribution >= 0.6 is 0 Å². The zero-order chi connectivity index (χ0) is 22.4. The van der Waals surface area contributed by atoms with Gasteiger partial charge in [-0.15, -0.1) is 0 Å². The zero-order valence-electron chi connectivity index (χ0n) is 18.4. The number of hydrogen-bond acceptors (Lipinski definition) is 4. The standard InChI is InChI=1S/C25H31N3O3/c1-4-5-8-19-13-15-27(16-14-19)23-12-11-20(17-24(23)28(30)31)18(2)21-9-6-7-10-22(21)25(29)26-3/h6-7,9-12,17,19H,2,4-5,8,13-16H2,1,3H3,(H,26,29). The van der Waals surface area contributed by atoms with Crippen LogP contribution in [0.2, 0.25) is 0 Å². The van der Waals surface area contributed by atoms with E-state index in [9.17, 15) is 14.9 Å². The number of nitrogens with one attached hydrogen (secondary N) is 1. The van der Waals surface area contributed by atoms with E-state index in [2.05, 4.69) is 23.7 Å². The first-order valence-corrected chi connectivity index (χ1v) is 11.0. The summed E-state index contributed by atoms with van der Waals surface area (Å²) in [5.41, 5.74) is 3.14. The number of anilines is 1. The van der Waals surface area contributed by atoms with Gasteiger partial charge in [-0.05, 0) is 47.6 Å². The molecule has 3 rings (SSSR count). The molecule has 31 heavy (non-hydrogen) atoms. The van der Waals surface area contributed by atoms with Crippen molar-refractivity contribution in [2.24, 2.45) is 5.92 Å². The highest BCUT2D eigenvalue weighted by molar-refractivity contribution is 6.00. The third-order valence-corrected chi connectivity index (χ3v) is 6.17. The Morgan fingerprint density at radius 1 is 1.19 bits per heavy atom. The number of piperidine rings is 1. The number of unbranched alkanes of at least 4 members (excludes halogenated alkanes) is 1. The van der Waals surface area contributed by atoms with Gasteiger partial charge in [0.2, 0.25) is 0 Å². The first kappa shape index (κ1) is 22.5. The third kappa shape index (κ3) is 5.13. The van der Waals surface area contributed by atoms with Crippen LogP contribution in [-0.4, -0.2) is 31.0 Å². The van der Waals surface area contributed by atoms with E-state index in [1.54, 1.807) is 25.2 Å². The molecule has 6 nitrogen and oxygen atoms in total. The van der Waals surface area contributed by atoms with Crippen LogP contribution in [0.25, 0.3) is 5.57 Å². The van der Waals surface area contributed by atoms with Crippen LogP contribution in [-0.2, 0) is 0 Å². The molecule has 0 aliphatic carbocycles. The molecular formula is C25H31N3O3. The van der Waals surface area contributed by atoms with Crippen LogP contribution in [0.4, 0.5) is 11.4 Å². The highest BCUT2D eigenvalue weighted by Gasteiger charge is 2.25. The summed E-state index contributed by atoms with van der Waals surface area (Å²) in [7, 11) is 1.58. The lowest BCUT2D eigenvalue weighted by molar-refractivity contribution is -0.384. The van der Waals surface area contributed by atoms with Gasteiger partial charge in [-0.25, -0.2) is 0 Å². The van der Waals surface area contributed by atoms with Crippen molar-refractivity contribution in [1.82, 2.24) is 5.32 Å². The molecule has 0 spiro atoms. The largest absolute Gasteiger partial charge is 0.366 e. The number of nitro benzene ring substituents is 1. The van der Waals surface area contributed by atoms with Crippen molar-refractivity contribution in [2.75, 3.05) is 25.0 Å². The van der Waals surface area contributed by atoms with Crippen molar-refractivity contribution in [2.45, 2.75) is 39.0 Å². The molecule has 1 aliphatic heterocycles. The molecule has 164 valence electrons. The summed E-state index contributed by atoms with van der Waals surface area (Å²) in [5.74, 6) is 0.504. The lowest BCUT2D eigenvalue weighted by atomic mass is 9.91. The molecule has 0 saturated carbocycles. The molecule has 1 fully saturated rings. The number of amides is 1. The normalized spacial score (nSPS) is 14.3. The summed E-state index contributed by atoms with van der Waals surface area (Å²) in [6.45, 7) is 8.03. The van der Waals surface area contributed by atoms with Gasteiger partial charge in [-0.2, -0.15) is 0 Å². The second-order valence-corrected chi connectivity index (χ2v) is 8.14. The number of hydrogen-bond donors (Lipinski definition) is 1. The summed E-state index contributed by atoms with van der Waals surface area (Å²) in [6, 6.07) is 12.4. The second-order valence-electron chi connectivity index (χ2n) is 8.14. The Balaban J connectivity index is 1.86. The highest BCUT2D eigenvalue weighted by Crippen LogP contribution is 2.36. The van der Waals surface area contributed by atoms with E-state index in [1.807, 2.05) is 24.3 Å². The highest BCUT2D eigenvalue weighted by atomic mass is 16.6. The van der Waals surface area contributed by atoms with Gasteiger partial charge in [0, 0.05) is 31.8 Å². The van der Waals surface area contributed by atoms with E-state index >= 15 is 0 Å². The average molecular weight is 422 g/mol. The van der Waals surface area contributed by atoms with Crippen molar-refractivity contribution < 1.29 is 9.72 Å². The van der Waals surface area contributed by atoms with Gasteiger partial charge in [0.15, 0.2) is 0 Å². The smallest absolute Gasteiger partial charge is 0.293 e. The summed E-state index contributed by atoms with van der Waals surface area (Å²) in [5, 5.41) is 14.5. The Bertz CT molecular complexity index is 962. The van der Waals surface area contributed by atoms with Crippen LogP contribution in [0, 0.1) is 16.0 Å². The molecule has 0 atom stereocenters. The van der Waals surface area contributed by atoms with Crippen molar-refractivity contribution in [1.29, 1.82) is 0 Å². The van der Waals surface area contributed by atoms with Crippen molar-refractivity contribution >= 4 is 22.9 Å². The summed E-state index contributed by atoms with van der Waals surface area (Å²) < 4.78 is 0. The molecule has 0 bridgehead atoms. The van der Waals surface area contributed by atoms with Crippen LogP contribution in [0.5, 0.6) is 0 Å². The van der Waals surface area contributed by atoms with Crippen molar-refractivity contribution in [3.8, 4) is 0 Å². The summed E-state index contributed by atoms with van der Waals surface area (Å²) >= 11 is 0. The molecule has 6 heteroatoms. The fourth-order valence-electron chi connectivity index (χ4n) is 4.31. The van der Waals surface area contributed by atoms with Gasteiger partial charge in [0.25, 0.3) is 11.6 Å². The molecule has 0 unspecified atom stereocenters. The van der Waals surface area contributed by atoms with E-state index in [0.717, 1.165) is 31.8 Å². The topological polar surface area (TPSA) is 75.5 Å². The van der Waals surface area contributed by atoms with Crippen LogP contribution in [0.1, 0.15) is 60.5 Å². The predicted octanol–water partition coefficient (Wildman–Crippen LogP) is 5.42. The minimum Gasteiger partial charge on any atom is -0.366 e. The maximum Gasteiger partial charge on any atom is 0.293 e. The Labute approximate surface area is 184 Å². The molecule has 1 aliphatic rings. The second kappa shape index (κ2) is 10.2. The zero-order valence-corrected chi connectivity index (χ0v) is 18.4. The van der Waals surface area contributed by atoms with Crippen LogP contribution in [0.3, 0.4) is 0 Å². The van der Waals surface area contributed by atoms with Gasteiger partial charge >= 0.3 is 0 Å². The number of nitrogens with zero attached hydrogens (tertiary/aromatic N) is 2. The Hall–Kier alpha value is -3.15. The van der Waals surface area contributed by atoms with Crippen LogP contribution in [0.15, 0.2) is 49.0 Å². The summed E-state index contributed by atoms with van der Waals surface area (Å²) in [4.78, 5) is 25.9. The van der Waals surface area contributed by atoms with E-state index in [4.69, 9.17) is 0 Å². The van der Waals surface area contributed by atoms with Gasteiger partial charge in [-0.1, -0.05) is 57.0 Å². The lowest BCUT2D eigenvalue weighted by Crippen LogP contribution is -2.34. The van der Waals surface area contributed by atoms with Crippen LogP contribution < -0.4 is 10.2 Å². The molecule has 1 N–H and O–H groups in total. The van der Waals surface area contributed by atoms with Gasteiger partial charge < -0.3 is 10.2 Å². The number of carbonyl (C=O) groups excluding carboxylic acids is 1. The number of carbonyl (C=O) groups is 1. The van der Waals surface area contributed by atoms with E-state index in [1.165, 1.54) is 19.3 Å².